The van der Waals surface area contributed by atoms with E-state index in [4.69, 9.17) is 0 Å². The van der Waals surface area contributed by atoms with Crippen LogP contribution in [0.15, 0.2) is 17.5 Å². The largest absolute Gasteiger partial charge is 0.294 e. The summed E-state index contributed by atoms with van der Waals surface area (Å²) in [5.41, 5.74) is 0. The molecule has 2 rings (SSSR count). The zero-order valence-corrected chi connectivity index (χ0v) is 13.0. The Kier molecular flexibility index (Phi) is 5.38. The molecule has 6 heteroatoms. The molecule has 1 aliphatic heterocycles. The highest BCUT2D eigenvalue weighted by Crippen LogP contribution is 2.27. The minimum Gasteiger partial charge on any atom is -0.294 e. The number of rotatable bonds is 5. The van der Waals surface area contributed by atoms with Gasteiger partial charge in [-0.15, -0.1) is 11.3 Å². The summed E-state index contributed by atoms with van der Waals surface area (Å²) in [5.74, 6) is 0. The van der Waals surface area contributed by atoms with Crippen molar-refractivity contribution in [2.75, 3.05) is 25.9 Å². The zero-order valence-electron chi connectivity index (χ0n) is 11.3. The molecule has 0 amide bonds. The van der Waals surface area contributed by atoms with Gasteiger partial charge in [-0.2, -0.15) is 0 Å². The van der Waals surface area contributed by atoms with Gasteiger partial charge in [-0.05, 0) is 37.4 Å². The zero-order chi connectivity index (χ0) is 13.7. The molecular formula is C13H22N2O2S2. The molecule has 2 heterocycles. The fourth-order valence-electron chi connectivity index (χ4n) is 2.53. The lowest BCUT2D eigenvalue weighted by atomic mass is 10.2. The topological polar surface area (TPSA) is 49.4 Å². The van der Waals surface area contributed by atoms with Gasteiger partial charge in [-0.25, -0.2) is 13.1 Å². The lowest BCUT2D eigenvalue weighted by Crippen LogP contribution is -2.38. The smallest absolute Gasteiger partial charge is 0.208 e. The average molecular weight is 302 g/mol. The van der Waals surface area contributed by atoms with Crippen molar-refractivity contribution in [1.29, 1.82) is 0 Å². The Hall–Kier alpha value is -0.430. The molecule has 4 nitrogen and oxygen atoms in total. The lowest BCUT2D eigenvalue weighted by molar-refractivity contribution is 0.209. The van der Waals surface area contributed by atoms with Gasteiger partial charge in [0.25, 0.3) is 0 Å². The number of hydrogen-bond donors (Lipinski definition) is 1. The average Bonchev–Trinajstić information content (AvgIpc) is 2.72. The standard InChI is InChI=1S/C13H22N2O2S2/c1-19(16,17)14-11-12(13-7-6-10-18-13)15-8-4-2-3-5-9-15/h6-7,10,12,14H,2-5,8-9,11H2,1H3. The molecule has 1 aromatic heterocycles. The summed E-state index contributed by atoms with van der Waals surface area (Å²) in [7, 11) is -3.13. The summed E-state index contributed by atoms with van der Waals surface area (Å²) in [5, 5.41) is 2.06. The van der Waals surface area contributed by atoms with Crippen molar-refractivity contribution in [2.45, 2.75) is 31.7 Å². The molecule has 1 N–H and O–H groups in total. The maximum absolute atomic E-state index is 11.3. The Bertz CT molecular complexity index is 463. The van der Waals surface area contributed by atoms with Gasteiger partial charge in [0.2, 0.25) is 10.0 Å². The number of sulfonamides is 1. The van der Waals surface area contributed by atoms with Crippen LogP contribution in [0.5, 0.6) is 0 Å². The van der Waals surface area contributed by atoms with E-state index in [2.05, 4.69) is 21.1 Å². The number of hydrogen-bond acceptors (Lipinski definition) is 4. The third kappa shape index (κ3) is 4.87. The third-order valence-corrected chi connectivity index (χ3v) is 5.16. The van der Waals surface area contributed by atoms with Crippen molar-refractivity contribution in [3.63, 3.8) is 0 Å². The Morgan fingerprint density at radius 3 is 2.53 bits per heavy atom. The summed E-state index contributed by atoms with van der Waals surface area (Å²) in [6.07, 6.45) is 6.21. The van der Waals surface area contributed by atoms with Crippen molar-refractivity contribution in [2.24, 2.45) is 0 Å². The molecule has 1 aromatic rings. The minimum absolute atomic E-state index is 0.174. The maximum atomic E-state index is 11.3. The minimum atomic E-state index is -3.13. The Balaban J connectivity index is 2.09. The van der Waals surface area contributed by atoms with E-state index >= 15 is 0 Å². The van der Waals surface area contributed by atoms with Gasteiger partial charge in [0.05, 0.1) is 12.3 Å². The molecule has 0 spiro atoms. The van der Waals surface area contributed by atoms with Crippen LogP contribution in [-0.4, -0.2) is 39.2 Å². The van der Waals surface area contributed by atoms with Crippen LogP contribution in [0.2, 0.25) is 0 Å². The highest BCUT2D eigenvalue weighted by Gasteiger charge is 2.23. The fourth-order valence-corrected chi connectivity index (χ4v) is 3.85. The van der Waals surface area contributed by atoms with Crippen LogP contribution < -0.4 is 4.72 Å². The predicted octanol–water partition coefficient (Wildman–Crippen LogP) is 2.21. The quantitative estimate of drug-likeness (QED) is 0.907. The van der Waals surface area contributed by atoms with E-state index in [0.29, 0.717) is 6.54 Å². The second-order valence-corrected chi connectivity index (χ2v) is 7.91. The van der Waals surface area contributed by atoms with Crippen LogP contribution in [-0.2, 0) is 10.0 Å². The van der Waals surface area contributed by atoms with Gasteiger partial charge in [-0.3, -0.25) is 4.90 Å². The van der Waals surface area contributed by atoms with Gasteiger partial charge in [0.1, 0.15) is 0 Å². The normalized spacial score (nSPS) is 20.1. The second-order valence-electron chi connectivity index (χ2n) is 5.10. The summed E-state index contributed by atoms with van der Waals surface area (Å²) < 4.78 is 25.3. The van der Waals surface area contributed by atoms with Crippen molar-refractivity contribution >= 4 is 21.4 Å². The Morgan fingerprint density at radius 2 is 2.00 bits per heavy atom. The maximum Gasteiger partial charge on any atom is 0.208 e. The molecule has 1 atom stereocenters. The molecule has 1 fully saturated rings. The molecule has 1 unspecified atom stereocenters. The molecule has 0 bridgehead atoms. The first-order chi connectivity index (χ1) is 9.06. The van der Waals surface area contributed by atoms with Gasteiger partial charge in [0.15, 0.2) is 0 Å². The van der Waals surface area contributed by atoms with E-state index in [9.17, 15) is 8.42 Å². The number of thiophene rings is 1. The van der Waals surface area contributed by atoms with E-state index in [0.717, 1.165) is 13.1 Å². The SMILES string of the molecule is CS(=O)(=O)NCC(c1cccs1)N1CCCCCC1. The first kappa shape index (κ1) is 15.0. The molecule has 0 aromatic carbocycles. The van der Waals surface area contributed by atoms with Crippen LogP contribution in [0.1, 0.15) is 36.6 Å². The molecule has 1 aliphatic rings. The lowest BCUT2D eigenvalue weighted by Gasteiger charge is -2.29. The molecule has 19 heavy (non-hydrogen) atoms. The van der Waals surface area contributed by atoms with Crippen LogP contribution in [0.3, 0.4) is 0 Å². The van der Waals surface area contributed by atoms with E-state index in [1.807, 2.05) is 6.07 Å². The van der Waals surface area contributed by atoms with Crippen molar-refractivity contribution in [3.8, 4) is 0 Å². The number of likely N-dealkylation sites (tertiary alicyclic amines) is 1. The Labute approximate surface area is 119 Å². The summed E-state index contributed by atoms with van der Waals surface area (Å²) >= 11 is 1.71. The fraction of sp³-hybridized carbons (Fsp3) is 0.692. The van der Waals surface area contributed by atoms with E-state index < -0.39 is 10.0 Å². The van der Waals surface area contributed by atoms with Crippen LogP contribution in [0.25, 0.3) is 0 Å². The van der Waals surface area contributed by atoms with Gasteiger partial charge < -0.3 is 0 Å². The van der Waals surface area contributed by atoms with Crippen LogP contribution in [0, 0.1) is 0 Å². The molecule has 0 aliphatic carbocycles. The summed E-state index contributed by atoms with van der Waals surface area (Å²) in [4.78, 5) is 3.68. The van der Waals surface area contributed by atoms with Crippen molar-refractivity contribution in [3.05, 3.63) is 22.4 Å². The highest BCUT2D eigenvalue weighted by atomic mass is 32.2. The van der Waals surface area contributed by atoms with E-state index in [1.165, 1.54) is 36.8 Å². The first-order valence-corrected chi connectivity index (χ1v) is 9.55. The van der Waals surface area contributed by atoms with Crippen LogP contribution in [0.4, 0.5) is 0 Å². The molecule has 108 valence electrons. The van der Waals surface area contributed by atoms with Crippen LogP contribution >= 0.6 is 11.3 Å². The van der Waals surface area contributed by atoms with Crippen molar-refractivity contribution in [1.82, 2.24) is 9.62 Å². The van der Waals surface area contributed by atoms with Crippen molar-refractivity contribution < 1.29 is 8.42 Å². The highest BCUT2D eigenvalue weighted by molar-refractivity contribution is 7.88. The summed E-state index contributed by atoms with van der Waals surface area (Å²) in [6.45, 7) is 2.60. The first-order valence-electron chi connectivity index (χ1n) is 6.78. The van der Waals surface area contributed by atoms with E-state index in [1.54, 1.807) is 11.3 Å². The second kappa shape index (κ2) is 6.83. The molecule has 0 radical (unpaired) electrons. The van der Waals surface area contributed by atoms with Gasteiger partial charge in [0, 0.05) is 11.4 Å². The van der Waals surface area contributed by atoms with E-state index in [-0.39, 0.29) is 6.04 Å². The third-order valence-electron chi connectivity index (χ3n) is 3.49. The number of nitrogens with one attached hydrogen (secondary N) is 1. The molecule has 1 saturated heterocycles. The van der Waals surface area contributed by atoms with Gasteiger partial charge in [-0.1, -0.05) is 18.9 Å². The Morgan fingerprint density at radius 1 is 1.32 bits per heavy atom. The molecule has 0 saturated carbocycles. The monoisotopic (exact) mass is 302 g/mol. The summed E-state index contributed by atoms with van der Waals surface area (Å²) in [6, 6.07) is 4.31. The van der Waals surface area contributed by atoms with Gasteiger partial charge >= 0.3 is 0 Å². The number of nitrogens with zero attached hydrogens (tertiary/aromatic N) is 1. The predicted molar refractivity (Wildman–Crippen MR) is 79.9 cm³/mol. The molecular weight excluding hydrogens is 280 g/mol.